The van der Waals surface area contributed by atoms with Gasteiger partial charge < -0.3 is 24.5 Å². The Labute approximate surface area is 119 Å². The normalized spacial score (nSPS) is 18.9. The molecule has 9 nitrogen and oxygen atoms in total. The SMILES string of the molecule is COc1ccc2c(c1C(=O)O)O[B-](O)(O)CC2CN=[N+]=[N-]. The summed E-state index contributed by atoms with van der Waals surface area (Å²) in [6.07, 6.45) is -0.183. The molecule has 0 radical (unpaired) electrons. The number of hydrogen-bond donors (Lipinski definition) is 3. The first kappa shape index (κ1) is 15.0. The highest BCUT2D eigenvalue weighted by Crippen LogP contribution is 2.43. The standard InChI is InChI=1S/C11H13BN3O6/c1-20-8-3-2-7-6(5-14-15-13)4-12(18,19)21-10(7)9(8)11(16)17/h2-3,6,18-19H,4-5H2,1H3,(H,16,17)/q-1. The monoisotopic (exact) mass is 294 g/mol. The molecule has 1 atom stereocenters. The molecule has 0 aliphatic carbocycles. The first-order chi connectivity index (χ1) is 9.89. The Kier molecular flexibility index (Phi) is 3.94. The minimum atomic E-state index is -3.23. The molecule has 1 heterocycles. The lowest BCUT2D eigenvalue weighted by Gasteiger charge is -2.41. The number of carbonyl (C=O) groups is 1. The Bertz CT molecular complexity index is 629. The van der Waals surface area contributed by atoms with E-state index >= 15 is 0 Å². The fourth-order valence-corrected chi connectivity index (χ4v) is 2.44. The van der Waals surface area contributed by atoms with E-state index in [2.05, 4.69) is 10.0 Å². The average molecular weight is 294 g/mol. The molecule has 3 N–H and O–H groups in total. The van der Waals surface area contributed by atoms with Crippen LogP contribution in [0.5, 0.6) is 11.5 Å². The van der Waals surface area contributed by atoms with E-state index in [-0.39, 0.29) is 29.9 Å². The molecule has 0 amide bonds. The van der Waals surface area contributed by atoms with Crippen LogP contribution in [0.3, 0.4) is 0 Å². The number of carboxylic acid groups (broad SMARTS) is 1. The molecule has 0 bridgehead atoms. The summed E-state index contributed by atoms with van der Waals surface area (Å²) in [5.41, 5.74) is 8.53. The van der Waals surface area contributed by atoms with E-state index in [9.17, 15) is 19.9 Å². The van der Waals surface area contributed by atoms with Gasteiger partial charge in [0.05, 0.1) is 12.9 Å². The topological polar surface area (TPSA) is 145 Å². The minimum Gasteiger partial charge on any atom is -0.669 e. The maximum absolute atomic E-state index is 11.4. The van der Waals surface area contributed by atoms with Gasteiger partial charge in [-0.2, -0.15) is 0 Å². The second-order valence-corrected chi connectivity index (χ2v) is 4.69. The fourth-order valence-electron chi connectivity index (χ4n) is 2.44. The van der Waals surface area contributed by atoms with E-state index in [4.69, 9.17) is 14.9 Å². The van der Waals surface area contributed by atoms with Gasteiger partial charge in [-0.05, 0) is 23.1 Å². The number of benzene rings is 1. The van der Waals surface area contributed by atoms with Crippen LogP contribution in [0.25, 0.3) is 10.4 Å². The molecule has 0 spiro atoms. The zero-order chi connectivity index (χ0) is 15.6. The van der Waals surface area contributed by atoms with Crippen LogP contribution in [-0.4, -0.2) is 41.5 Å². The van der Waals surface area contributed by atoms with Crippen LogP contribution < -0.4 is 9.39 Å². The van der Waals surface area contributed by atoms with E-state index in [1.54, 1.807) is 6.07 Å². The molecule has 1 aliphatic heterocycles. The molecule has 1 aliphatic rings. The zero-order valence-electron chi connectivity index (χ0n) is 11.1. The highest BCUT2D eigenvalue weighted by molar-refractivity contribution is 6.59. The number of nitrogens with zero attached hydrogens (tertiary/aromatic N) is 3. The third-order valence-corrected chi connectivity index (χ3v) is 3.29. The number of hydrogen-bond acceptors (Lipinski definition) is 6. The van der Waals surface area contributed by atoms with Gasteiger partial charge in [-0.1, -0.05) is 17.5 Å². The van der Waals surface area contributed by atoms with Gasteiger partial charge >= 0.3 is 12.7 Å². The van der Waals surface area contributed by atoms with Crippen molar-refractivity contribution in [3.63, 3.8) is 0 Å². The molecule has 112 valence electrons. The first-order valence-electron chi connectivity index (χ1n) is 6.14. The number of aromatic carboxylic acids is 1. The van der Waals surface area contributed by atoms with Gasteiger partial charge in [-0.25, -0.2) is 4.79 Å². The quantitative estimate of drug-likeness (QED) is 0.328. The maximum atomic E-state index is 11.4. The minimum absolute atomic E-state index is 0.0388. The van der Waals surface area contributed by atoms with E-state index < -0.39 is 18.6 Å². The highest BCUT2D eigenvalue weighted by Gasteiger charge is 2.37. The Morgan fingerprint density at radius 3 is 2.90 bits per heavy atom. The van der Waals surface area contributed by atoms with Crippen LogP contribution in [-0.2, 0) is 0 Å². The molecular weight excluding hydrogens is 281 g/mol. The van der Waals surface area contributed by atoms with Crippen molar-refractivity contribution in [2.24, 2.45) is 5.11 Å². The van der Waals surface area contributed by atoms with Gasteiger partial charge in [0.15, 0.2) is 0 Å². The molecule has 2 rings (SSSR count). The molecule has 1 unspecified atom stereocenters. The fraction of sp³-hybridized carbons (Fsp3) is 0.364. The van der Waals surface area contributed by atoms with Crippen LogP contribution >= 0.6 is 0 Å². The summed E-state index contributed by atoms with van der Waals surface area (Å²) < 4.78 is 10.0. The number of rotatable bonds is 4. The van der Waals surface area contributed by atoms with Crippen molar-refractivity contribution in [2.75, 3.05) is 13.7 Å². The smallest absolute Gasteiger partial charge is 0.431 e. The predicted octanol–water partition coefficient (Wildman–Crippen LogP) is 1.10. The van der Waals surface area contributed by atoms with Gasteiger partial charge in [0.2, 0.25) is 0 Å². The van der Waals surface area contributed by atoms with Crippen LogP contribution in [0.1, 0.15) is 21.8 Å². The molecule has 0 saturated carbocycles. The van der Waals surface area contributed by atoms with Crippen molar-refractivity contribution in [2.45, 2.75) is 12.2 Å². The molecule has 0 saturated heterocycles. The van der Waals surface area contributed by atoms with Crippen molar-refractivity contribution < 1.29 is 29.3 Å². The summed E-state index contributed by atoms with van der Waals surface area (Å²) in [5.74, 6) is -2.00. The number of azide groups is 1. The van der Waals surface area contributed by atoms with Crippen molar-refractivity contribution in [1.82, 2.24) is 0 Å². The molecule has 1 aromatic rings. The predicted molar refractivity (Wildman–Crippen MR) is 72.3 cm³/mol. The van der Waals surface area contributed by atoms with Gasteiger partial charge in [0.1, 0.15) is 11.3 Å². The summed E-state index contributed by atoms with van der Waals surface area (Å²) in [4.78, 5) is 14.0. The Morgan fingerprint density at radius 1 is 1.62 bits per heavy atom. The number of ether oxygens (including phenoxy) is 1. The zero-order valence-corrected chi connectivity index (χ0v) is 11.1. The molecule has 10 heteroatoms. The van der Waals surface area contributed by atoms with Crippen LogP contribution in [0.4, 0.5) is 0 Å². The lowest BCUT2D eigenvalue weighted by molar-refractivity contribution is 0.0689. The Morgan fingerprint density at radius 2 is 2.33 bits per heavy atom. The summed E-state index contributed by atoms with van der Waals surface area (Å²) in [7, 11) is 1.30. The van der Waals surface area contributed by atoms with Gasteiger partial charge in [0, 0.05) is 11.5 Å². The van der Waals surface area contributed by atoms with E-state index in [1.807, 2.05) is 0 Å². The van der Waals surface area contributed by atoms with Crippen LogP contribution in [0, 0.1) is 0 Å². The average Bonchev–Trinajstić information content (AvgIpc) is 2.41. The summed E-state index contributed by atoms with van der Waals surface area (Å²) >= 11 is 0. The van der Waals surface area contributed by atoms with Gasteiger partial charge in [-0.3, -0.25) is 0 Å². The maximum Gasteiger partial charge on any atom is 0.431 e. The van der Waals surface area contributed by atoms with E-state index in [0.717, 1.165) is 0 Å². The summed E-state index contributed by atoms with van der Waals surface area (Å²) in [5, 5.41) is 32.3. The summed E-state index contributed by atoms with van der Waals surface area (Å²) in [6.45, 7) is -3.27. The molecular formula is C11H13BN3O6-. The number of carboxylic acids is 1. The number of methoxy groups -OCH3 is 1. The van der Waals surface area contributed by atoms with Crippen molar-refractivity contribution >= 4 is 12.7 Å². The lowest BCUT2D eigenvalue weighted by Crippen LogP contribution is -2.47. The second kappa shape index (κ2) is 5.53. The molecule has 1 aromatic carbocycles. The van der Waals surface area contributed by atoms with Gasteiger partial charge in [0.25, 0.3) is 0 Å². The third kappa shape index (κ3) is 2.87. The van der Waals surface area contributed by atoms with Crippen LogP contribution in [0.15, 0.2) is 17.2 Å². The second-order valence-electron chi connectivity index (χ2n) is 4.69. The van der Waals surface area contributed by atoms with E-state index in [1.165, 1.54) is 13.2 Å². The third-order valence-electron chi connectivity index (χ3n) is 3.29. The molecule has 0 fully saturated rings. The van der Waals surface area contributed by atoms with E-state index in [0.29, 0.717) is 5.56 Å². The van der Waals surface area contributed by atoms with Crippen molar-refractivity contribution in [1.29, 1.82) is 0 Å². The number of fused-ring (bicyclic) bond motifs is 1. The summed E-state index contributed by atoms with van der Waals surface area (Å²) in [6, 6.07) is 3.01. The molecule has 21 heavy (non-hydrogen) atoms. The lowest BCUT2D eigenvalue weighted by atomic mass is 9.65. The van der Waals surface area contributed by atoms with Gasteiger partial charge in [-0.15, -0.1) is 0 Å². The van der Waals surface area contributed by atoms with Crippen LogP contribution in [0.2, 0.25) is 6.32 Å². The molecule has 0 aromatic heterocycles. The van der Waals surface area contributed by atoms with Crippen molar-refractivity contribution in [3.8, 4) is 11.5 Å². The Hall–Kier alpha value is -2.42. The Balaban J connectivity index is 2.61. The first-order valence-corrected chi connectivity index (χ1v) is 6.14. The highest BCUT2D eigenvalue weighted by atomic mass is 16.6. The largest absolute Gasteiger partial charge is 0.669 e. The van der Waals surface area contributed by atoms with Crippen molar-refractivity contribution in [3.05, 3.63) is 33.7 Å².